The lowest BCUT2D eigenvalue weighted by atomic mass is 10.0. The van der Waals surface area contributed by atoms with Gasteiger partial charge < -0.3 is 15.9 Å². The molecule has 0 spiro atoms. The monoisotopic (exact) mass is 199 g/mol. The van der Waals surface area contributed by atoms with E-state index in [0.717, 1.165) is 12.1 Å². The van der Waals surface area contributed by atoms with Crippen molar-refractivity contribution in [1.82, 2.24) is 0 Å². The van der Waals surface area contributed by atoms with Crippen molar-refractivity contribution < 1.29 is 19.4 Å². The van der Waals surface area contributed by atoms with E-state index in [2.05, 4.69) is 0 Å². The molecule has 76 valence electrons. The van der Waals surface area contributed by atoms with Gasteiger partial charge in [0.2, 0.25) is 0 Å². The fourth-order valence-corrected chi connectivity index (χ4v) is 1.02. The molecule has 0 fully saturated rings. The molecule has 1 aromatic rings. The van der Waals surface area contributed by atoms with Crippen molar-refractivity contribution >= 4 is 5.78 Å². The van der Waals surface area contributed by atoms with Gasteiger partial charge in [-0.05, 0) is 19.1 Å². The Morgan fingerprint density at radius 2 is 1.93 bits per heavy atom. The Labute approximate surface area is 79.8 Å². The summed E-state index contributed by atoms with van der Waals surface area (Å²) >= 11 is 0. The number of ketones is 1. The number of halogens is 1. The van der Waals surface area contributed by atoms with Crippen molar-refractivity contribution in [3.8, 4) is 11.5 Å². The van der Waals surface area contributed by atoms with Gasteiger partial charge in [-0.1, -0.05) is 0 Å². The van der Waals surface area contributed by atoms with Gasteiger partial charge in [0.15, 0.2) is 17.3 Å². The van der Waals surface area contributed by atoms with E-state index >= 15 is 0 Å². The maximum absolute atomic E-state index is 13.2. The Balaban J connectivity index is 3.33. The highest BCUT2D eigenvalue weighted by Crippen LogP contribution is 2.27. The predicted octanol–water partition coefficient (Wildman–Crippen LogP) is 0.767. The van der Waals surface area contributed by atoms with Crippen LogP contribution in [0.15, 0.2) is 12.1 Å². The zero-order valence-corrected chi connectivity index (χ0v) is 7.49. The van der Waals surface area contributed by atoms with Crippen LogP contribution in [0.2, 0.25) is 0 Å². The van der Waals surface area contributed by atoms with Crippen LogP contribution >= 0.6 is 0 Å². The molecule has 0 amide bonds. The first-order valence-electron chi connectivity index (χ1n) is 3.95. The van der Waals surface area contributed by atoms with E-state index < -0.39 is 34.7 Å². The first-order chi connectivity index (χ1) is 6.45. The van der Waals surface area contributed by atoms with Crippen molar-refractivity contribution in [3.63, 3.8) is 0 Å². The molecule has 0 heterocycles. The summed E-state index contributed by atoms with van der Waals surface area (Å²) in [4.78, 5) is 11.3. The average Bonchev–Trinajstić information content (AvgIpc) is 2.12. The fraction of sp³-hybridized carbons (Fsp3) is 0.222. The first kappa shape index (κ1) is 10.5. The molecule has 14 heavy (non-hydrogen) atoms. The Bertz CT molecular complexity index is 377. The van der Waals surface area contributed by atoms with Gasteiger partial charge in [-0.2, -0.15) is 0 Å². The van der Waals surface area contributed by atoms with Crippen LogP contribution in [-0.4, -0.2) is 22.0 Å². The zero-order chi connectivity index (χ0) is 10.9. The van der Waals surface area contributed by atoms with Gasteiger partial charge in [-0.15, -0.1) is 0 Å². The van der Waals surface area contributed by atoms with Crippen LogP contribution in [0.4, 0.5) is 4.39 Å². The zero-order valence-electron chi connectivity index (χ0n) is 7.49. The minimum atomic E-state index is -1.15. The van der Waals surface area contributed by atoms with Gasteiger partial charge in [-0.25, -0.2) is 4.39 Å². The highest BCUT2D eigenvalue weighted by atomic mass is 19.1. The summed E-state index contributed by atoms with van der Waals surface area (Å²) in [5, 5.41) is 18.2. The van der Waals surface area contributed by atoms with E-state index in [-0.39, 0.29) is 0 Å². The molecule has 0 aromatic heterocycles. The van der Waals surface area contributed by atoms with Gasteiger partial charge in [0.1, 0.15) is 11.3 Å². The Hall–Kier alpha value is -1.62. The molecule has 0 saturated carbocycles. The van der Waals surface area contributed by atoms with Gasteiger partial charge in [0, 0.05) is 0 Å². The maximum atomic E-state index is 13.2. The Morgan fingerprint density at radius 3 is 2.43 bits per heavy atom. The normalized spacial score (nSPS) is 12.5. The number of Topliss-reactive ketones (excluding diaryl/α,β-unsaturated/α-hetero) is 1. The third-order valence-corrected chi connectivity index (χ3v) is 1.76. The summed E-state index contributed by atoms with van der Waals surface area (Å²) in [5.74, 6) is -3.11. The molecule has 1 atom stereocenters. The molecule has 0 radical (unpaired) electrons. The minimum absolute atomic E-state index is 0.525. The van der Waals surface area contributed by atoms with Crippen LogP contribution < -0.4 is 5.73 Å². The molecule has 5 heteroatoms. The van der Waals surface area contributed by atoms with E-state index in [1.165, 1.54) is 6.92 Å². The summed E-state index contributed by atoms with van der Waals surface area (Å²) in [7, 11) is 0. The van der Waals surface area contributed by atoms with Crippen molar-refractivity contribution in [2.45, 2.75) is 13.0 Å². The number of nitrogens with two attached hydrogens (primary N) is 1. The number of phenols is 2. The van der Waals surface area contributed by atoms with Crippen LogP contribution in [0, 0.1) is 5.82 Å². The van der Waals surface area contributed by atoms with Crippen molar-refractivity contribution in [3.05, 3.63) is 23.5 Å². The number of aromatic hydroxyl groups is 2. The van der Waals surface area contributed by atoms with Gasteiger partial charge in [-0.3, -0.25) is 4.79 Å². The molecule has 1 aromatic carbocycles. The van der Waals surface area contributed by atoms with Gasteiger partial charge in [0.25, 0.3) is 0 Å². The van der Waals surface area contributed by atoms with Crippen molar-refractivity contribution in [2.75, 3.05) is 0 Å². The fourth-order valence-electron chi connectivity index (χ4n) is 1.02. The van der Waals surface area contributed by atoms with E-state index in [9.17, 15) is 14.3 Å². The molecule has 4 N–H and O–H groups in total. The summed E-state index contributed by atoms with van der Waals surface area (Å²) in [5.41, 5.74) is 4.68. The summed E-state index contributed by atoms with van der Waals surface area (Å²) in [6, 6.07) is 1.06. The lowest BCUT2D eigenvalue weighted by Crippen LogP contribution is -2.27. The van der Waals surface area contributed by atoms with Crippen LogP contribution in [-0.2, 0) is 0 Å². The number of rotatable bonds is 2. The maximum Gasteiger partial charge on any atom is 0.186 e. The molecule has 1 rings (SSSR count). The number of carbonyl (C=O) groups excluding carboxylic acids is 1. The average molecular weight is 199 g/mol. The highest BCUT2D eigenvalue weighted by molar-refractivity contribution is 6.02. The number of hydrogen-bond donors (Lipinski definition) is 3. The lowest BCUT2D eigenvalue weighted by molar-refractivity contribution is 0.0960. The topological polar surface area (TPSA) is 83.6 Å². The van der Waals surface area contributed by atoms with Gasteiger partial charge in [0.05, 0.1) is 6.04 Å². The third kappa shape index (κ3) is 1.67. The minimum Gasteiger partial charge on any atom is -0.507 e. The largest absolute Gasteiger partial charge is 0.507 e. The Kier molecular flexibility index (Phi) is 2.71. The van der Waals surface area contributed by atoms with Crippen LogP contribution in [0.3, 0.4) is 0 Å². The molecule has 0 bridgehead atoms. The molecular formula is C9H10FNO3. The van der Waals surface area contributed by atoms with Gasteiger partial charge >= 0.3 is 0 Å². The van der Waals surface area contributed by atoms with E-state index in [1.54, 1.807) is 0 Å². The number of phenolic OH excluding ortho intramolecular Hbond substituents is 2. The second kappa shape index (κ2) is 3.63. The highest BCUT2D eigenvalue weighted by Gasteiger charge is 2.22. The van der Waals surface area contributed by atoms with Crippen LogP contribution in [0.5, 0.6) is 11.5 Å². The summed E-state index contributed by atoms with van der Waals surface area (Å²) in [6.45, 7) is 1.37. The first-order valence-corrected chi connectivity index (χ1v) is 3.95. The van der Waals surface area contributed by atoms with E-state index in [4.69, 9.17) is 10.8 Å². The summed E-state index contributed by atoms with van der Waals surface area (Å²) < 4.78 is 13.2. The molecule has 0 aliphatic rings. The van der Waals surface area contributed by atoms with Crippen molar-refractivity contribution in [1.29, 1.82) is 0 Å². The number of hydrogen-bond acceptors (Lipinski definition) is 4. The second-order valence-electron chi connectivity index (χ2n) is 2.95. The quantitative estimate of drug-likeness (QED) is 0.485. The molecule has 1 unspecified atom stereocenters. The molecule has 0 aliphatic carbocycles. The molecular weight excluding hydrogens is 189 g/mol. The third-order valence-electron chi connectivity index (χ3n) is 1.76. The number of carbonyl (C=O) groups is 1. The predicted molar refractivity (Wildman–Crippen MR) is 47.7 cm³/mol. The van der Waals surface area contributed by atoms with E-state index in [1.807, 2.05) is 0 Å². The Morgan fingerprint density at radius 1 is 1.43 bits per heavy atom. The number of benzene rings is 1. The second-order valence-corrected chi connectivity index (χ2v) is 2.95. The smallest absolute Gasteiger partial charge is 0.186 e. The standard InChI is InChI=1S/C9H10FNO3/c1-4(11)9(14)7-5(12)2-3-6(13)8(7)10/h2-4,12-13H,11H2,1H3. The molecule has 0 aliphatic heterocycles. The van der Waals surface area contributed by atoms with E-state index in [0.29, 0.717) is 0 Å². The lowest BCUT2D eigenvalue weighted by Gasteiger charge is -2.08. The van der Waals surface area contributed by atoms with Crippen LogP contribution in [0.1, 0.15) is 17.3 Å². The summed E-state index contributed by atoms with van der Waals surface area (Å²) in [6.07, 6.45) is 0. The van der Waals surface area contributed by atoms with Crippen molar-refractivity contribution in [2.24, 2.45) is 5.73 Å². The van der Waals surface area contributed by atoms with Crippen LogP contribution in [0.25, 0.3) is 0 Å². The molecule has 4 nitrogen and oxygen atoms in total. The molecule has 0 saturated heterocycles. The SMILES string of the molecule is CC(N)C(=O)c1c(O)ccc(O)c1F.